The van der Waals surface area contributed by atoms with Crippen LogP contribution in [0.15, 0.2) is 24.3 Å². The van der Waals surface area contributed by atoms with E-state index in [2.05, 4.69) is 11.0 Å². The number of hydrogen-bond donors (Lipinski definition) is 1. The first-order valence-corrected chi connectivity index (χ1v) is 8.14. The van der Waals surface area contributed by atoms with E-state index >= 15 is 0 Å². The van der Waals surface area contributed by atoms with E-state index in [1.807, 2.05) is 32.0 Å². The molecular weight excluding hydrogens is 284 g/mol. The van der Waals surface area contributed by atoms with Gasteiger partial charge in [0.05, 0.1) is 15.6 Å². The molecule has 0 aliphatic carbocycles. The number of thiazole rings is 1. The molecule has 1 N–H and O–H groups in total. The minimum atomic E-state index is -0.710. The predicted octanol–water partition coefficient (Wildman–Crippen LogP) is 3.62. The van der Waals surface area contributed by atoms with Gasteiger partial charge in [-0.1, -0.05) is 23.5 Å². The van der Waals surface area contributed by atoms with Crippen molar-refractivity contribution in [3.63, 3.8) is 0 Å². The molecule has 0 amide bonds. The van der Waals surface area contributed by atoms with Crippen molar-refractivity contribution in [1.29, 1.82) is 0 Å². The number of carboxylic acids is 1. The fourth-order valence-corrected chi connectivity index (χ4v) is 3.91. The van der Waals surface area contributed by atoms with E-state index < -0.39 is 11.4 Å². The zero-order valence-electron chi connectivity index (χ0n) is 12.4. The Labute approximate surface area is 128 Å². The maximum Gasteiger partial charge on any atom is 0.309 e. The summed E-state index contributed by atoms with van der Waals surface area (Å²) in [5.41, 5.74) is 0.340. The van der Waals surface area contributed by atoms with Crippen LogP contribution < -0.4 is 4.90 Å². The molecule has 1 unspecified atom stereocenters. The van der Waals surface area contributed by atoms with Crippen LogP contribution in [0, 0.1) is 11.3 Å². The van der Waals surface area contributed by atoms with Gasteiger partial charge in [0.1, 0.15) is 0 Å². The van der Waals surface area contributed by atoms with Gasteiger partial charge >= 0.3 is 5.97 Å². The molecular formula is C16H20N2O2S. The van der Waals surface area contributed by atoms with Crippen molar-refractivity contribution in [1.82, 2.24) is 4.98 Å². The molecule has 0 saturated carbocycles. The highest BCUT2D eigenvalue weighted by molar-refractivity contribution is 7.22. The van der Waals surface area contributed by atoms with Crippen molar-refractivity contribution in [2.75, 3.05) is 18.0 Å². The zero-order chi connectivity index (χ0) is 15.0. The first kappa shape index (κ1) is 14.3. The van der Waals surface area contributed by atoms with Crippen LogP contribution in [0.2, 0.25) is 0 Å². The van der Waals surface area contributed by atoms with Crippen molar-refractivity contribution in [2.45, 2.75) is 26.7 Å². The summed E-state index contributed by atoms with van der Waals surface area (Å²) in [6.45, 7) is 5.41. The molecule has 1 atom stereocenters. The molecule has 1 aromatic carbocycles. The summed E-state index contributed by atoms with van der Waals surface area (Å²) in [7, 11) is 0. The largest absolute Gasteiger partial charge is 0.481 e. The number of hydrogen-bond acceptors (Lipinski definition) is 4. The Balaban J connectivity index is 1.84. The Kier molecular flexibility index (Phi) is 3.61. The Hall–Kier alpha value is -1.62. The first-order chi connectivity index (χ1) is 9.98. The van der Waals surface area contributed by atoms with Gasteiger partial charge in [0.25, 0.3) is 0 Å². The highest BCUT2D eigenvalue weighted by Gasteiger charge is 2.39. The third-order valence-electron chi connectivity index (χ3n) is 4.55. The normalized spacial score (nSPS) is 19.9. The highest BCUT2D eigenvalue weighted by atomic mass is 32.1. The lowest BCUT2D eigenvalue weighted by Gasteiger charge is -2.39. The Bertz CT molecular complexity index is 632. The number of piperidine rings is 1. The second-order valence-electron chi connectivity index (χ2n) is 6.28. The van der Waals surface area contributed by atoms with E-state index in [4.69, 9.17) is 4.98 Å². The van der Waals surface area contributed by atoms with Crippen LogP contribution in [0.5, 0.6) is 0 Å². The Morgan fingerprint density at radius 1 is 1.43 bits per heavy atom. The number of rotatable bonds is 3. The fourth-order valence-electron chi connectivity index (χ4n) is 2.91. The third kappa shape index (κ3) is 2.62. The van der Waals surface area contributed by atoms with Crippen LogP contribution >= 0.6 is 11.3 Å². The second kappa shape index (κ2) is 5.30. The maximum absolute atomic E-state index is 11.5. The van der Waals surface area contributed by atoms with Crippen molar-refractivity contribution in [2.24, 2.45) is 11.3 Å². The Morgan fingerprint density at radius 3 is 2.90 bits per heavy atom. The average Bonchev–Trinajstić information content (AvgIpc) is 2.91. The Morgan fingerprint density at radius 2 is 2.19 bits per heavy atom. The summed E-state index contributed by atoms with van der Waals surface area (Å²) in [6, 6.07) is 8.13. The number of fused-ring (bicyclic) bond motifs is 1. The molecule has 0 spiro atoms. The molecule has 0 bridgehead atoms. The van der Waals surface area contributed by atoms with Gasteiger partial charge in [-0.25, -0.2) is 4.98 Å². The lowest BCUT2D eigenvalue weighted by Crippen LogP contribution is -2.44. The molecule has 1 aromatic heterocycles. The minimum Gasteiger partial charge on any atom is -0.481 e. The summed E-state index contributed by atoms with van der Waals surface area (Å²) in [6.07, 6.45) is 2.00. The molecule has 1 saturated heterocycles. The minimum absolute atomic E-state index is 0.163. The van der Waals surface area contributed by atoms with Crippen molar-refractivity contribution in [3.05, 3.63) is 24.3 Å². The van der Waals surface area contributed by atoms with E-state index in [0.717, 1.165) is 36.6 Å². The van der Waals surface area contributed by atoms with Crippen molar-refractivity contribution < 1.29 is 9.90 Å². The molecule has 1 aliphatic heterocycles. The molecule has 0 radical (unpaired) electrons. The number of nitrogens with zero attached hydrogens (tertiary/aromatic N) is 2. The molecule has 4 nitrogen and oxygen atoms in total. The lowest BCUT2D eigenvalue weighted by molar-refractivity contribution is -0.150. The summed E-state index contributed by atoms with van der Waals surface area (Å²) in [4.78, 5) is 18.4. The SMILES string of the molecule is CC(C)(C(=O)O)C1CCCN(c2nc3ccccc3s2)C1. The number of anilines is 1. The molecule has 2 heterocycles. The zero-order valence-corrected chi connectivity index (χ0v) is 13.2. The van der Waals surface area contributed by atoms with Crippen LogP contribution in [-0.4, -0.2) is 29.1 Å². The van der Waals surface area contributed by atoms with Crippen LogP contribution in [0.4, 0.5) is 5.13 Å². The standard InChI is InChI=1S/C16H20N2O2S/c1-16(2,14(19)20)11-6-5-9-18(10-11)15-17-12-7-3-4-8-13(12)21-15/h3-4,7-8,11H,5-6,9-10H2,1-2H3,(H,19,20). The van der Waals surface area contributed by atoms with E-state index in [-0.39, 0.29) is 5.92 Å². The number of aliphatic carboxylic acids is 1. The van der Waals surface area contributed by atoms with Gasteiger partial charge in [-0.2, -0.15) is 0 Å². The van der Waals surface area contributed by atoms with Gasteiger partial charge in [-0.05, 0) is 44.7 Å². The monoisotopic (exact) mass is 304 g/mol. The molecule has 2 aromatic rings. The summed E-state index contributed by atoms with van der Waals surface area (Å²) >= 11 is 1.69. The molecule has 112 valence electrons. The van der Waals surface area contributed by atoms with Crippen LogP contribution in [0.25, 0.3) is 10.2 Å². The smallest absolute Gasteiger partial charge is 0.309 e. The number of carboxylic acid groups (broad SMARTS) is 1. The van der Waals surface area contributed by atoms with Crippen molar-refractivity contribution in [3.8, 4) is 0 Å². The highest BCUT2D eigenvalue weighted by Crippen LogP contribution is 2.37. The van der Waals surface area contributed by atoms with E-state index in [9.17, 15) is 9.90 Å². The lowest BCUT2D eigenvalue weighted by atomic mass is 9.75. The molecule has 3 rings (SSSR count). The van der Waals surface area contributed by atoms with Crippen molar-refractivity contribution >= 4 is 32.7 Å². The fraction of sp³-hybridized carbons (Fsp3) is 0.500. The summed E-state index contributed by atoms with van der Waals surface area (Å²) in [5.74, 6) is -0.547. The second-order valence-corrected chi connectivity index (χ2v) is 7.29. The molecule has 5 heteroatoms. The molecule has 1 fully saturated rings. The van der Waals surface area contributed by atoms with E-state index in [1.54, 1.807) is 11.3 Å². The van der Waals surface area contributed by atoms with Crippen LogP contribution in [0.1, 0.15) is 26.7 Å². The van der Waals surface area contributed by atoms with Gasteiger partial charge in [0.2, 0.25) is 0 Å². The van der Waals surface area contributed by atoms with Crippen LogP contribution in [0.3, 0.4) is 0 Å². The predicted molar refractivity (Wildman–Crippen MR) is 86.0 cm³/mol. The van der Waals surface area contributed by atoms with Gasteiger partial charge in [0, 0.05) is 13.1 Å². The van der Waals surface area contributed by atoms with E-state index in [0.29, 0.717) is 0 Å². The average molecular weight is 304 g/mol. The van der Waals surface area contributed by atoms with Gasteiger partial charge in [-0.15, -0.1) is 0 Å². The van der Waals surface area contributed by atoms with Crippen LogP contribution in [-0.2, 0) is 4.79 Å². The number of benzene rings is 1. The number of aromatic nitrogens is 1. The summed E-state index contributed by atoms with van der Waals surface area (Å²) < 4.78 is 1.19. The first-order valence-electron chi connectivity index (χ1n) is 7.32. The molecule has 21 heavy (non-hydrogen) atoms. The third-order valence-corrected chi connectivity index (χ3v) is 5.64. The summed E-state index contributed by atoms with van der Waals surface area (Å²) in [5, 5.41) is 10.4. The number of carbonyl (C=O) groups is 1. The van der Waals surface area contributed by atoms with E-state index in [1.165, 1.54) is 4.70 Å². The van der Waals surface area contributed by atoms with Gasteiger partial charge in [0.15, 0.2) is 5.13 Å². The quantitative estimate of drug-likeness (QED) is 0.941. The van der Waals surface area contributed by atoms with Gasteiger partial charge in [-0.3, -0.25) is 4.79 Å². The number of para-hydroxylation sites is 1. The maximum atomic E-state index is 11.5. The van der Waals surface area contributed by atoms with Gasteiger partial charge < -0.3 is 10.0 Å². The topological polar surface area (TPSA) is 53.4 Å². The molecule has 1 aliphatic rings.